The largest absolute Gasteiger partial charge is 0.469 e. The van der Waals surface area contributed by atoms with Gasteiger partial charge in [-0.2, -0.15) is 5.10 Å². The summed E-state index contributed by atoms with van der Waals surface area (Å²) in [5.41, 5.74) is -0.544. The molecule has 0 aliphatic rings. The molecule has 1 rings (SSSR count). The normalized spacial score (nSPS) is 12.7. The average molecular weight is 331 g/mol. The van der Waals surface area contributed by atoms with Gasteiger partial charge in [0, 0.05) is 6.42 Å². The van der Waals surface area contributed by atoms with Crippen molar-refractivity contribution in [3.8, 4) is 0 Å². The fourth-order valence-corrected chi connectivity index (χ4v) is 1.73. The van der Waals surface area contributed by atoms with Gasteiger partial charge in [0.05, 0.1) is 19.2 Å². The third-order valence-corrected chi connectivity index (χ3v) is 2.61. The van der Waals surface area contributed by atoms with Crippen LogP contribution in [0, 0.1) is 0 Å². The Morgan fingerprint density at radius 3 is 2.52 bits per heavy atom. The van der Waals surface area contributed by atoms with E-state index in [2.05, 4.69) is 20.3 Å². The SMILES string of the molecule is COC(=O)C(CC(F)F)c1cnnc(NC(=O)OC(C)(C)C)c1. The van der Waals surface area contributed by atoms with E-state index in [4.69, 9.17) is 4.74 Å². The molecule has 0 fully saturated rings. The zero-order chi connectivity index (χ0) is 17.6. The molecule has 1 amide bonds. The van der Waals surface area contributed by atoms with E-state index in [1.165, 1.54) is 12.3 Å². The minimum Gasteiger partial charge on any atom is -0.469 e. The minimum atomic E-state index is -2.70. The summed E-state index contributed by atoms with van der Waals surface area (Å²) in [6.45, 7) is 5.06. The minimum absolute atomic E-state index is 0.0140. The molecule has 7 nitrogen and oxygen atoms in total. The molecule has 1 atom stereocenters. The van der Waals surface area contributed by atoms with Crippen LogP contribution >= 0.6 is 0 Å². The van der Waals surface area contributed by atoms with E-state index in [0.717, 1.165) is 7.11 Å². The Labute approximate surface area is 132 Å². The van der Waals surface area contributed by atoms with Gasteiger partial charge in [-0.05, 0) is 32.4 Å². The lowest BCUT2D eigenvalue weighted by Gasteiger charge is -2.19. The number of carbonyl (C=O) groups is 2. The Bertz CT molecular complexity index is 561. The van der Waals surface area contributed by atoms with E-state index in [-0.39, 0.29) is 11.4 Å². The van der Waals surface area contributed by atoms with Gasteiger partial charge in [0.1, 0.15) is 5.60 Å². The zero-order valence-corrected chi connectivity index (χ0v) is 13.3. The molecule has 0 saturated carbocycles. The van der Waals surface area contributed by atoms with Gasteiger partial charge in [-0.15, -0.1) is 5.10 Å². The number of esters is 1. The Balaban J connectivity index is 2.93. The molecule has 1 heterocycles. The highest BCUT2D eigenvalue weighted by Crippen LogP contribution is 2.25. The molecule has 0 spiro atoms. The first-order valence-electron chi connectivity index (χ1n) is 6.81. The Hall–Kier alpha value is -2.32. The van der Waals surface area contributed by atoms with E-state index < -0.39 is 36.4 Å². The van der Waals surface area contributed by atoms with Crippen LogP contribution in [0.15, 0.2) is 12.3 Å². The number of alkyl halides is 2. The number of nitrogens with one attached hydrogen (secondary N) is 1. The summed E-state index contributed by atoms with van der Waals surface area (Å²) >= 11 is 0. The van der Waals surface area contributed by atoms with Crippen molar-refractivity contribution in [3.63, 3.8) is 0 Å². The predicted octanol–water partition coefficient (Wildman–Crippen LogP) is 2.74. The lowest BCUT2D eigenvalue weighted by atomic mass is 9.98. The van der Waals surface area contributed by atoms with Crippen molar-refractivity contribution in [1.29, 1.82) is 0 Å². The van der Waals surface area contributed by atoms with Gasteiger partial charge in [-0.3, -0.25) is 10.1 Å². The average Bonchev–Trinajstić information content (AvgIpc) is 2.41. The molecular weight excluding hydrogens is 312 g/mol. The summed E-state index contributed by atoms with van der Waals surface area (Å²) < 4.78 is 34.8. The molecule has 23 heavy (non-hydrogen) atoms. The van der Waals surface area contributed by atoms with E-state index >= 15 is 0 Å². The van der Waals surface area contributed by atoms with Crippen molar-refractivity contribution in [3.05, 3.63) is 17.8 Å². The van der Waals surface area contributed by atoms with Gasteiger partial charge in [-0.1, -0.05) is 0 Å². The highest BCUT2D eigenvalue weighted by atomic mass is 19.3. The highest BCUT2D eigenvalue weighted by Gasteiger charge is 2.26. The number of methoxy groups -OCH3 is 1. The van der Waals surface area contributed by atoms with E-state index in [1.54, 1.807) is 20.8 Å². The van der Waals surface area contributed by atoms with Gasteiger partial charge >= 0.3 is 12.1 Å². The van der Waals surface area contributed by atoms with Crippen molar-refractivity contribution >= 4 is 17.9 Å². The molecule has 0 bridgehead atoms. The number of ether oxygens (including phenoxy) is 2. The third kappa shape index (κ3) is 6.54. The topological polar surface area (TPSA) is 90.4 Å². The Kier molecular flexibility index (Phi) is 6.35. The second-order valence-electron chi connectivity index (χ2n) is 5.70. The smallest absolute Gasteiger partial charge is 0.413 e. The maximum atomic E-state index is 12.6. The number of aromatic nitrogens is 2. The fourth-order valence-electron chi connectivity index (χ4n) is 1.73. The van der Waals surface area contributed by atoms with Crippen molar-refractivity contribution in [2.45, 2.75) is 45.1 Å². The summed E-state index contributed by atoms with van der Waals surface area (Å²) in [5, 5.41) is 9.59. The van der Waals surface area contributed by atoms with E-state index in [1.807, 2.05) is 0 Å². The van der Waals surface area contributed by atoms with Gasteiger partial charge < -0.3 is 9.47 Å². The van der Waals surface area contributed by atoms with Crippen LogP contribution in [0.25, 0.3) is 0 Å². The second-order valence-corrected chi connectivity index (χ2v) is 5.70. The van der Waals surface area contributed by atoms with Gasteiger partial charge in [0.15, 0.2) is 5.82 Å². The molecule has 1 aromatic rings. The number of amides is 1. The quantitative estimate of drug-likeness (QED) is 0.834. The van der Waals surface area contributed by atoms with E-state index in [0.29, 0.717) is 0 Å². The van der Waals surface area contributed by atoms with Crippen LogP contribution in [0.2, 0.25) is 0 Å². The molecule has 1 unspecified atom stereocenters. The fraction of sp³-hybridized carbons (Fsp3) is 0.571. The summed E-state index contributed by atoms with van der Waals surface area (Å²) in [4.78, 5) is 23.3. The van der Waals surface area contributed by atoms with Crippen LogP contribution in [0.3, 0.4) is 0 Å². The summed E-state index contributed by atoms with van der Waals surface area (Å²) in [6, 6.07) is 1.28. The second kappa shape index (κ2) is 7.80. The standard InChI is InChI=1S/C14H19F2N3O4/c1-14(2,3)23-13(21)18-11-5-8(7-17-19-11)9(6-10(15)16)12(20)22-4/h5,7,9-10H,6H2,1-4H3,(H,18,19,21). The number of nitrogens with zero attached hydrogens (tertiary/aromatic N) is 2. The Morgan fingerprint density at radius 1 is 1.35 bits per heavy atom. The van der Waals surface area contributed by atoms with Crippen molar-refractivity contribution in [2.75, 3.05) is 12.4 Å². The highest BCUT2D eigenvalue weighted by molar-refractivity contribution is 5.84. The third-order valence-electron chi connectivity index (χ3n) is 2.61. The number of carbonyl (C=O) groups excluding carboxylic acids is 2. The first-order chi connectivity index (χ1) is 10.6. The van der Waals surface area contributed by atoms with Crippen molar-refractivity contribution in [2.24, 2.45) is 0 Å². The molecule has 0 aliphatic heterocycles. The number of hydrogen-bond donors (Lipinski definition) is 1. The van der Waals surface area contributed by atoms with Crippen LogP contribution in [0.4, 0.5) is 19.4 Å². The number of hydrogen-bond acceptors (Lipinski definition) is 6. The monoisotopic (exact) mass is 331 g/mol. The molecule has 0 saturated heterocycles. The number of halogens is 2. The summed E-state index contributed by atoms with van der Waals surface area (Å²) in [6.07, 6.45) is -3.02. The predicted molar refractivity (Wildman–Crippen MR) is 77.3 cm³/mol. The first kappa shape index (κ1) is 18.7. The van der Waals surface area contributed by atoms with Crippen LogP contribution in [0.5, 0.6) is 0 Å². The van der Waals surface area contributed by atoms with Crippen molar-refractivity contribution in [1.82, 2.24) is 10.2 Å². The maximum absolute atomic E-state index is 12.6. The van der Waals surface area contributed by atoms with E-state index in [9.17, 15) is 18.4 Å². The van der Waals surface area contributed by atoms with Crippen LogP contribution in [0.1, 0.15) is 38.7 Å². The van der Waals surface area contributed by atoms with Crippen molar-refractivity contribution < 1.29 is 27.8 Å². The molecular formula is C14H19F2N3O4. The number of anilines is 1. The molecule has 0 radical (unpaired) electrons. The van der Waals surface area contributed by atoms with Crippen LogP contribution in [-0.2, 0) is 14.3 Å². The van der Waals surface area contributed by atoms with Gasteiger partial charge in [-0.25, -0.2) is 13.6 Å². The maximum Gasteiger partial charge on any atom is 0.413 e. The lowest BCUT2D eigenvalue weighted by Crippen LogP contribution is -2.27. The molecule has 9 heteroatoms. The summed E-state index contributed by atoms with van der Waals surface area (Å²) in [7, 11) is 1.11. The zero-order valence-electron chi connectivity index (χ0n) is 13.3. The summed E-state index contributed by atoms with van der Waals surface area (Å²) in [5.74, 6) is -2.03. The molecule has 0 aliphatic carbocycles. The molecule has 128 valence electrons. The van der Waals surface area contributed by atoms with Gasteiger partial charge in [0.2, 0.25) is 6.43 Å². The number of rotatable bonds is 5. The molecule has 1 N–H and O–H groups in total. The molecule has 1 aromatic heterocycles. The lowest BCUT2D eigenvalue weighted by molar-refractivity contribution is -0.143. The van der Waals surface area contributed by atoms with Crippen LogP contribution < -0.4 is 5.32 Å². The first-order valence-corrected chi connectivity index (χ1v) is 6.81. The van der Waals surface area contributed by atoms with Crippen LogP contribution in [-0.4, -0.2) is 41.4 Å². The molecule has 0 aromatic carbocycles. The van der Waals surface area contributed by atoms with Gasteiger partial charge in [0.25, 0.3) is 0 Å². The Morgan fingerprint density at radius 2 is 2.00 bits per heavy atom.